The molecule has 1 aromatic heterocycles. The summed E-state index contributed by atoms with van der Waals surface area (Å²) in [6.07, 6.45) is 3.51. The highest BCUT2D eigenvalue weighted by Crippen LogP contribution is 2.26. The number of amides is 1. The Morgan fingerprint density at radius 3 is 2.59 bits per heavy atom. The summed E-state index contributed by atoms with van der Waals surface area (Å²) in [4.78, 5) is 16.0. The van der Waals surface area contributed by atoms with Crippen LogP contribution in [0.3, 0.4) is 0 Å². The van der Waals surface area contributed by atoms with E-state index in [1.165, 1.54) is 25.4 Å². The predicted octanol–water partition coefficient (Wildman–Crippen LogP) is 3.54. The lowest BCUT2D eigenvalue weighted by atomic mass is 10.0. The first-order chi connectivity index (χ1) is 13.7. The molecule has 158 valence electrons. The molecule has 0 bridgehead atoms. The van der Waals surface area contributed by atoms with Crippen LogP contribution < -0.4 is 10.1 Å². The van der Waals surface area contributed by atoms with E-state index in [0.29, 0.717) is 16.6 Å². The van der Waals surface area contributed by atoms with Crippen LogP contribution >= 0.6 is 0 Å². The summed E-state index contributed by atoms with van der Waals surface area (Å²) in [5, 5.41) is 3.23. The van der Waals surface area contributed by atoms with E-state index >= 15 is 0 Å². The summed E-state index contributed by atoms with van der Waals surface area (Å²) in [5.74, 6) is -1.67. The van der Waals surface area contributed by atoms with E-state index in [1.54, 1.807) is 18.4 Å². The number of nitrogens with one attached hydrogen (secondary N) is 1. The second-order valence-corrected chi connectivity index (χ2v) is 7.95. The number of anilines is 1. The van der Waals surface area contributed by atoms with Gasteiger partial charge >= 0.3 is 0 Å². The average molecular weight is 426 g/mol. The zero-order valence-corrected chi connectivity index (χ0v) is 17.5. The molecular formula is C20H24F2N2O4S. The number of aromatic nitrogens is 1. The molecule has 1 fully saturated rings. The molecule has 29 heavy (non-hydrogen) atoms. The fourth-order valence-corrected chi connectivity index (χ4v) is 3.16. The maximum atomic E-state index is 12.5. The van der Waals surface area contributed by atoms with Gasteiger partial charge in [-0.15, -0.1) is 0 Å². The van der Waals surface area contributed by atoms with Crippen molar-refractivity contribution in [3.05, 3.63) is 48.2 Å². The second-order valence-electron chi connectivity index (χ2n) is 6.63. The number of hydrogen-bond donors (Lipinski definition) is 1. The lowest BCUT2D eigenvalue weighted by Gasteiger charge is -2.11. The average Bonchev–Trinajstić information content (AvgIpc) is 3.03. The first-order valence-electron chi connectivity index (χ1n) is 8.96. The number of halogens is 2. The van der Waals surface area contributed by atoms with Gasteiger partial charge < -0.3 is 14.8 Å². The molecule has 9 heteroatoms. The number of methoxy groups -OCH3 is 1. The fraction of sp³-hybridized carbons (Fsp3) is 0.400. The van der Waals surface area contributed by atoms with Gasteiger partial charge in [-0.05, 0) is 43.5 Å². The molecule has 0 saturated carbocycles. The standard InChI is InChI=1S/C13H18N2O3S.C7H6F2O/c1-8-6-11(18-9(8)2)13(16)15-10-4-5-14-12(7-10)19(3)17;1-10-6-4-2-3-5(8)7(6)9/h4-5,7-9,11H,6H2,1-3H3,(H,14,15,16);2-4H,1H3. The highest BCUT2D eigenvalue weighted by atomic mass is 32.2. The predicted molar refractivity (Wildman–Crippen MR) is 106 cm³/mol. The van der Waals surface area contributed by atoms with Gasteiger partial charge in [0.05, 0.1) is 24.0 Å². The molecule has 1 N–H and O–H groups in total. The first-order valence-corrected chi connectivity index (χ1v) is 10.5. The Balaban J connectivity index is 0.000000253. The van der Waals surface area contributed by atoms with E-state index in [1.807, 2.05) is 6.92 Å². The van der Waals surface area contributed by atoms with Crippen LogP contribution in [0.1, 0.15) is 20.3 Å². The van der Waals surface area contributed by atoms with Gasteiger partial charge in [0.2, 0.25) is 5.82 Å². The summed E-state index contributed by atoms with van der Waals surface area (Å²) >= 11 is 0. The van der Waals surface area contributed by atoms with Gasteiger partial charge in [-0.25, -0.2) is 9.37 Å². The number of ether oxygens (including phenoxy) is 2. The van der Waals surface area contributed by atoms with Gasteiger partial charge in [-0.3, -0.25) is 9.00 Å². The summed E-state index contributed by atoms with van der Waals surface area (Å²) in [6.45, 7) is 4.05. The lowest BCUT2D eigenvalue weighted by molar-refractivity contribution is -0.126. The quantitative estimate of drug-likeness (QED) is 0.809. The minimum absolute atomic E-state index is 0.0694. The Hall–Kier alpha value is -2.39. The highest BCUT2D eigenvalue weighted by Gasteiger charge is 2.33. The van der Waals surface area contributed by atoms with Gasteiger partial charge in [0.15, 0.2) is 11.6 Å². The molecule has 1 amide bonds. The number of carbonyl (C=O) groups excluding carboxylic acids is 1. The molecule has 3 rings (SSSR count). The summed E-state index contributed by atoms with van der Waals surface area (Å²) in [5.41, 5.74) is 0.598. The first kappa shape index (κ1) is 22.9. The van der Waals surface area contributed by atoms with E-state index in [2.05, 4.69) is 22.0 Å². The molecule has 4 atom stereocenters. The maximum absolute atomic E-state index is 12.5. The van der Waals surface area contributed by atoms with E-state index in [-0.39, 0.29) is 17.8 Å². The van der Waals surface area contributed by atoms with Crippen molar-refractivity contribution in [2.75, 3.05) is 18.7 Å². The van der Waals surface area contributed by atoms with E-state index in [0.717, 1.165) is 12.5 Å². The molecular weight excluding hydrogens is 402 g/mol. The third-order valence-corrected chi connectivity index (χ3v) is 5.30. The molecule has 1 aliphatic rings. The number of pyridine rings is 1. The molecule has 1 aliphatic heterocycles. The Kier molecular flexibility index (Phi) is 8.21. The third kappa shape index (κ3) is 6.30. The third-order valence-electron chi connectivity index (χ3n) is 4.49. The Morgan fingerprint density at radius 1 is 1.31 bits per heavy atom. The van der Waals surface area contributed by atoms with Crippen molar-refractivity contribution in [1.82, 2.24) is 4.98 Å². The zero-order chi connectivity index (χ0) is 21.6. The summed E-state index contributed by atoms with van der Waals surface area (Å²) < 4.78 is 46.3. The number of nitrogens with zero attached hydrogens (tertiary/aromatic N) is 1. The largest absolute Gasteiger partial charge is 0.494 e. The van der Waals surface area contributed by atoms with Crippen molar-refractivity contribution in [2.24, 2.45) is 5.92 Å². The molecule has 4 unspecified atom stereocenters. The SMILES string of the molecule is CC1CC(C(=O)Nc2ccnc(S(C)=O)c2)OC1C.COc1cccc(F)c1F. The highest BCUT2D eigenvalue weighted by molar-refractivity contribution is 7.84. The molecule has 2 aromatic rings. The van der Waals surface area contributed by atoms with Crippen LogP contribution in [0.2, 0.25) is 0 Å². The van der Waals surface area contributed by atoms with Crippen LogP contribution in [0.25, 0.3) is 0 Å². The molecule has 0 spiro atoms. The number of hydrogen-bond acceptors (Lipinski definition) is 5. The Bertz CT molecular complexity index is 871. The second kappa shape index (κ2) is 10.4. The molecule has 1 saturated heterocycles. The molecule has 0 radical (unpaired) electrons. The van der Waals surface area contributed by atoms with Crippen LogP contribution in [0.15, 0.2) is 41.6 Å². The van der Waals surface area contributed by atoms with E-state index in [9.17, 15) is 17.8 Å². The Labute approximate surface area is 171 Å². The van der Waals surface area contributed by atoms with Crippen LogP contribution in [-0.4, -0.2) is 40.7 Å². The van der Waals surface area contributed by atoms with E-state index < -0.39 is 28.5 Å². The van der Waals surface area contributed by atoms with Gasteiger partial charge in [-0.2, -0.15) is 4.39 Å². The van der Waals surface area contributed by atoms with Crippen LogP contribution in [0.4, 0.5) is 14.5 Å². The molecule has 2 heterocycles. The minimum Gasteiger partial charge on any atom is -0.494 e. The van der Waals surface area contributed by atoms with Crippen molar-refractivity contribution in [3.8, 4) is 5.75 Å². The number of benzene rings is 1. The lowest BCUT2D eigenvalue weighted by Crippen LogP contribution is -2.27. The zero-order valence-electron chi connectivity index (χ0n) is 16.6. The van der Waals surface area contributed by atoms with Gasteiger partial charge in [-0.1, -0.05) is 13.0 Å². The van der Waals surface area contributed by atoms with Crippen molar-refractivity contribution in [1.29, 1.82) is 0 Å². The van der Waals surface area contributed by atoms with Crippen molar-refractivity contribution in [3.63, 3.8) is 0 Å². The topological polar surface area (TPSA) is 77.5 Å². The molecule has 1 aromatic carbocycles. The van der Waals surface area contributed by atoms with Crippen LogP contribution in [-0.2, 0) is 20.3 Å². The maximum Gasteiger partial charge on any atom is 0.253 e. The number of rotatable bonds is 4. The van der Waals surface area contributed by atoms with Crippen molar-refractivity contribution in [2.45, 2.75) is 37.5 Å². The Morgan fingerprint density at radius 2 is 2.03 bits per heavy atom. The summed E-state index contributed by atoms with van der Waals surface area (Å²) in [6, 6.07) is 7.08. The van der Waals surface area contributed by atoms with E-state index in [4.69, 9.17) is 4.74 Å². The van der Waals surface area contributed by atoms with Gasteiger partial charge in [0, 0.05) is 18.1 Å². The fourth-order valence-electron chi connectivity index (χ4n) is 2.66. The molecule has 0 aliphatic carbocycles. The van der Waals surface area contributed by atoms with Crippen LogP contribution in [0, 0.1) is 17.6 Å². The normalized spacial score (nSPS) is 21.7. The minimum atomic E-state index is -1.16. The van der Waals surface area contributed by atoms with Crippen molar-refractivity contribution < 1.29 is 27.3 Å². The number of carbonyl (C=O) groups is 1. The van der Waals surface area contributed by atoms with Crippen molar-refractivity contribution >= 4 is 22.4 Å². The van der Waals surface area contributed by atoms with Gasteiger partial charge in [0.1, 0.15) is 11.1 Å². The van der Waals surface area contributed by atoms with Gasteiger partial charge in [0.25, 0.3) is 5.91 Å². The summed E-state index contributed by atoms with van der Waals surface area (Å²) in [7, 11) is 0.128. The monoisotopic (exact) mass is 426 g/mol. The smallest absolute Gasteiger partial charge is 0.253 e. The van der Waals surface area contributed by atoms with Crippen LogP contribution in [0.5, 0.6) is 5.75 Å². The molecule has 6 nitrogen and oxygen atoms in total.